The third-order valence-corrected chi connectivity index (χ3v) is 5.47. The highest BCUT2D eigenvalue weighted by Crippen LogP contribution is 2.32. The van der Waals surface area contributed by atoms with Gasteiger partial charge in [0, 0.05) is 10.9 Å². The Morgan fingerprint density at radius 2 is 1.66 bits per heavy atom. The van der Waals surface area contributed by atoms with Crippen LogP contribution in [0.15, 0.2) is 76.0 Å². The highest BCUT2D eigenvalue weighted by molar-refractivity contribution is 5.92. The van der Waals surface area contributed by atoms with E-state index in [4.69, 9.17) is 18.7 Å². The monoisotopic (exact) mass is 470 g/mol. The van der Waals surface area contributed by atoms with Crippen LogP contribution in [0, 0.1) is 0 Å². The summed E-state index contributed by atoms with van der Waals surface area (Å²) in [6.45, 7) is 2.47. The summed E-state index contributed by atoms with van der Waals surface area (Å²) in [4.78, 5) is 17.8. The summed E-state index contributed by atoms with van der Waals surface area (Å²) in [6, 6.07) is 19.7. The Labute approximate surface area is 200 Å². The third kappa shape index (κ3) is 4.08. The average molecular weight is 470 g/mol. The molecule has 0 aliphatic carbocycles. The first kappa shape index (κ1) is 22.1. The second-order valence-corrected chi connectivity index (χ2v) is 7.53. The van der Waals surface area contributed by atoms with Crippen LogP contribution in [-0.4, -0.2) is 40.7 Å². The van der Waals surface area contributed by atoms with E-state index in [0.717, 1.165) is 0 Å². The van der Waals surface area contributed by atoms with Gasteiger partial charge in [-0.05, 0) is 55.5 Å². The molecule has 0 N–H and O–H groups in total. The van der Waals surface area contributed by atoms with Gasteiger partial charge in [-0.2, -0.15) is 14.8 Å². The van der Waals surface area contributed by atoms with E-state index in [1.165, 1.54) is 4.68 Å². The van der Waals surface area contributed by atoms with Crippen LogP contribution in [0.5, 0.6) is 17.2 Å². The molecule has 2 aromatic heterocycles. The number of aromatic nitrogens is 4. The first-order chi connectivity index (χ1) is 17.1. The van der Waals surface area contributed by atoms with E-state index >= 15 is 0 Å². The molecule has 5 aromatic rings. The molecule has 0 aliphatic heterocycles. The zero-order valence-electron chi connectivity index (χ0n) is 19.4. The van der Waals surface area contributed by atoms with E-state index < -0.39 is 0 Å². The van der Waals surface area contributed by atoms with Crippen molar-refractivity contribution in [1.82, 2.24) is 19.9 Å². The maximum absolute atomic E-state index is 13.3. The van der Waals surface area contributed by atoms with Crippen LogP contribution in [0.4, 0.5) is 0 Å². The van der Waals surface area contributed by atoms with Crippen molar-refractivity contribution in [3.05, 3.63) is 77.1 Å². The highest BCUT2D eigenvalue weighted by atomic mass is 16.5. The maximum Gasteiger partial charge on any atom is 0.279 e. The number of benzene rings is 3. The van der Waals surface area contributed by atoms with Crippen molar-refractivity contribution in [1.29, 1.82) is 0 Å². The molecule has 0 aliphatic rings. The molecular formula is C26H22N4O5. The van der Waals surface area contributed by atoms with Crippen LogP contribution in [-0.2, 0) is 0 Å². The minimum Gasteiger partial charge on any atom is -0.494 e. The van der Waals surface area contributed by atoms with Gasteiger partial charge in [0.25, 0.3) is 11.4 Å². The first-order valence-corrected chi connectivity index (χ1v) is 10.9. The number of hydrogen-bond acceptors (Lipinski definition) is 8. The van der Waals surface area contributed by atoms with Crippen molar-refractivity contribution in [2.24, 2.45) is 0 Å². The zero-order valence-corrected chi connectivity index (χ0v) is 19.4. The lowest BCUT2D eigenvalue weighted by molar-refractivity contribution is 0.340. The second-order valence-electron chi connectivity index (χ2n) is 7.53. The van der Waals surface area contributed by atoms with E-state index in [2.05, 4.69) is 15.2 Å². The van der Waals surface area contributed by atoms with Crippen molar-refractivity contribution >= 4 is 10.8 Å². The van der Waals surface area contributed by atoms with Crippen LogP contribution in [0.1, 0.15) is 6.92 Å². The van der Waals surface area contributed by atoms with Gasteiger partial charge in [-0.25, -0.2) is 0 Å². The molecular weight excluding hydrogens is 448 g/mol. The number of ether oxygens (including phenoxy) is 3. The lowest BCUT2D eigenvalue weighted by Crippen LogP contribution is -2.22. The molecule has 3 aromatic carbocycles. The Hall–Kier alpha value is -4.66. The fourth-order valence-corrected chi connectivity index (χ4v) is 3.78. The van der Waals surface area contributed by atoms with Gasteiger partial charge in [0.15, 0.2) is 17.2 Å². The number of methoxy groups -OCH3 is 2. The molecule has 0 amide bonds. The maximum atomic E-state index is 13.3. The third-order valence-electron chi connectivity index (χ3n) is 5.47. The summed E-state index contributed by atoms with van der Waals surface area (Å²) >= 11 is 0. The number of rotatable bonds is 7. The summed E-state index contributed by atoms with van der Waals surface area (Å²) in [6.07, 6.45) is 0. The van der Waals surface area contributed by atoms with Crippen molar-refractivity contribution in [3.8, 4) is 45.9 Å². The van der Waals surface area contributed by atoms with Gasteiger partial charge in [-0.15, -0.1) is 0 Å². The summed E-state index contributed by atoms with van der Waals surface area (Å²) in [5, 5.41) is 9.83. The Balaban J connectivity index is 1.63. The molecule has 35 heavy (non-hydrogen) atoms. The molecule has 9 heteroatoms. The van der Waals surface area contributed by atoms with Crippen LogP contribution in [0.3, 0.4) is 0 Å². The van der Waals surface area contributed by atoms with Crippen LogP contribution >= 0.6 is 0 Å². The lowest BCUT2D eigenvalue weighted by Gasteiger charge is -2.10. The Morgan fingerprint density at radius 3 is 2.37 bits per heavy atom. The van der Waals surface area contributed by atoms with Gasteiger partial charge in [-0.3, -0.25) is 4.79 Å². The van der Waals surface area contributed by atoms with E-state index in [1.54, 1.807) is 62.8 Å². The van der Waals surface area contributed by atoms with Crippen LogP contribution in [0.25, 0.3) is 39.4 Å². The van der Waals surface area contributed by atoms with Gasteiger partial charge in [0.2, 0.25) is 5.82 Å². The fourth-order valence-electron chi connectivity index (χ4n) is 3.78. The molecule has 0 bridgehead atoms. The molecule has 0 spiro atoms. The van der Waals surface area contributed by atoms with Crippen molar-refractivity contribution in [2.45, 2.75) is 6.92 Å². The van der Waals surface area contributed by atoms with Crippen molar-refractivity contribution < 1.29 is 18.7 Å². The van der Waals surface area contributed by atoms with Crippen molar-refractivity contribution in [2.75, 3.05) is 20.8 Å². The van der Waals surface area contributed by atoms with E-state index in [1.807, 2.05) is 25.1 Å². The topological polar surface area (TPSA) is 102 Å². The molecule has 0 saturated heterocycles. The lowest BCUT2D eigenvalue weighted by atomic mass is 10.1. The molecule has 2 heterocycles. The fraction of sp³-hybridized carbons (Fsp3) is 0.154. The standard InChI is InChI=1S/C26H22N4O5/c1-4-34-18-12-10-17(11-13-18)30-26(31)20-8-6-5-7-19(20)23(28-30)25-27-24(29-35-25)16-9-14-21(32-2)22(15-16)33-3/h5-15H,4H2,1-3H3. The molecule has 0 atom stereocenters. The van der Waals surface area contributed by atoms with E-state index in [-0.39, 0.29) is 11.4 Å². The smallest absolute Gasteiger partial charge is 0.279 e. The van der Waals surface area contributed by atoms with Crippen LogP contribution < -0.4 is 19.8 Å². The minimum atomic E-state index is -0.256. The molecule has 176 valence electrons. The van der Waals surface area contributed by atoms with Gasteiger partial charge >= 0.3 is 0 Å². The number of fused-ring (bicyclic) bond motifs is 1. The molecule has 0 saturated carbocycles. The predicted octanol–water partition coefficient (Wildman–Crippen LogP) is 4.52. The Kier molecular flexibility index (Phi) is 5.88. The SMILES string of the molecule is CCOc1ccc(-n2nc(-c3nc(-c4ccc(OC)c(OC)c4)no3)c3ccccc3c2=O)cc1. The van der Waals surface area contributed by atoms with Gasteiger partial charge in [0.05, 0.1) is 31.9 Å². The summed E-state index contributed by atoms with van der Waals surface area (Å²) in [5.74, 6) is 2.39. The molecule has 9 nitrogen and oxygen atoms in total. The van der Waals surface area contributed by atoms with Crippen molar-refractivity contribution in [3.63, 3.8) is 0 Å². The highest BCUT2D eigenvalue weighted by Gasteiger charge is 2.19. The van der Waals surface area contributed by atoms with Gasteiger partial charge in [-0.1, -0.05) is 23.4 Å². The summed E-state index contributed by atoms with van der Waals surface area (Å²) in [5.41, 5.74) is 1.41. The van der Waals surface area contributed by atoms with Gasteiger partial charge in [0.1, 0.15) is 5.75 Å². The molecule has 0 fully saturated rings. The number of hydrogen-bond donors (Lipinski definition) is 0. The largest absolute Gasteiger partial charge is 0.494 e. The molecule has 0 radical (unpaired) electrons. The molecule has 5 rings (SSSR count). The first-order valence-electron chi connectivity index (χ1n) is 10.9. The summed E-state index contributed by atoms with van der Waals surface area (Å²) in [7, 11) is 3.13. The van der Waals surface area contributed by atoms with E-state index in [9.17, 15) is 4.79 Å². The predicted molar refractivity (Wildman–Crippen MR) is 130 cm³/mol. The Bertz CT molecular complexity index is 1560. The Morgan fingerprint density at radius 1 is 0.914 bits per heavy atom. The average Bonchev–Trinajstić information content (AvgIpc) is 3.39. The number of nitrogens with zero attached hydrogens (tertiary/aromatic N) is 4. The molecule has 0 unspecified atom stereocenters. The zero-order chi connectivity index (χ0) is 24.4. The quantitative estimate of drug-likeness (QED) is 0.342. The second kappa shape index (κ2) is 9.30. The minimum absolute atomic E-state index is 0.186. The van der Waals surface area contributed by atoms with Crippen LogP contribution in [0.2, 0.25) is 0 Å². The van der Waals surface area contributed by atoms with Gasteiger partial charge < -0.3 is 18.7 Å². The normalized spacial score (nSPS) is 10.9. The van der Waals surface area contributed by atoms with E-state index in [0.29, 0.717) is 57.4 Å². The summed E-state index contributed by atoms with van der Waals surface area (Å²) < 4.78 is 23.1.